The van der Waals surface area contributed by atoms with Crippen LogP contribution >= 0.6 is 0 Å². The quantitative estimate of drug-likeness (QED) is 0.313. The minimum atomic E-state index is -2.10. The number of fused-ring (bicyclic) bond motifs is 6. The predicted molar refractivity (Wildman–Crippen MR) is 202 cm³/mol. The number of rotatable bonds is 9. The summed E-state index contributed by atoms with van der Waals surface area (Å²) in [6, 6.07) is 0.703. The third-order valence-electron chi connectivity index (χ3n) is 14.6. The Labute approximate surface area is 327 Å². The molecule has 15 heteroatoms. The van der Waals surface area contributed by atoms with Crippen LogP contribution < -0.4 is 15.1 Å². The standard InChI is InChI=1S/C42H49F2N3O10/c1-22-18-46(35-30(43)16-26-34(37(35)56-4)47(24-6-7-24)19-27(36(26)52)38(53)54)14-13-45(22)20-33(51)57-21-32(50)41(55)12-10-28-29-8-5-23-15-25(48)9-11-39(23,2)42(29,44)31(49)17-40(28,41)3/h9,11,15-16,19,22,24,28-29,31,49,55H,5-8,10,12-14,17-18,20-21H2,1-4H3,(H,53,54)/t22?,28-,29?,31-,39-,40-,41-,42-/m0/s1. The summed E-state index contributed by atoms with van der Waals surface area (Å²) < 4.78 is 46.2. The van der Waals surface area contributed by atoms with E-state index in [9.17, 15) is 39.3 Å². The first kappa shape index (κ1) is 39.4. The van der Waals surface area contributed by atoms with Crippen LogP contribution in [-0.4, -0.2) is 112 Å². The van der Waals surface area contributed by atoms with Gasteiger partial charge < -0.3 is 34.3 Å². The van der Waals surface area contributed by atoms with Gasteiger partial charge in [-0.15, -0.1) is 0 Å². The topological polar surface area (TPSA) is 176 Å². The maximum Gasteiger partial charge on any atom is 0.341 e. The highest BCUT2D eigenvalue weighted by Crippen LogP contribution is 2.69. The van der Waals surface area contributed by atoms with Crippen molar-refractivity contribution in [1.82, 2.24) is 9.47 Å². The predicted octanol–water partition coefficient (Wildman–Crippen LogP) is 3.91. The number of pyridine rings is 1. The second kappa shape index (κ2) is 13.6. The summed E-state index contributed by atoms with van der Waals surface area (Å²) in [5, 5.41) is 33.2. The second-order valence-corrected chi connectivity index (χ2v) is 17.5. The van der Waals surface area contributed by atoms with Crippen molar-refractivity contribution >= 4 is 40.1 Å². The van der Waals surface area contributed by atoms with E-state index in [-0.39, 0.29) is 67.2 Å². The number of carbonyl (C=O) groups excluding carboxylic acids is 3. The van der Waals surface area contributed by atoms with Crippen LogP contribution in [0.2, 0.25) is 0 Å². The van der Waals surface area contributed by atoms with Gasteiger partial charge in [-0.05, 0) is 82.9 Å². The smallest absolute Gasteiger partial charge is 0.341 e. The molecule has 1 saturated heterocycles. The van der Waals surface area contributed by atoms with Crippen molar-refractivity contribution in [2.75, 3.05) is 44.8 Å². The number of aromatic carboxylic acids is 1. The number of ether oxygens (including phenoxy) is 2. The summed E-state index contributed by atoms with van der Waals surface area (Å²) in [4.78, 5) is 67.7. The number of carboxylic acids is 1. The molecule has 5 fully saturated rings. The van der Waals surface area contributed by atoms with Crippen LogP contribution in [0.4, 0.5) is 14.5 Å². The van der Waals surface area contributed by atoms with Crippen molar-refractivity contribution < 1.29 is 52.8 Å². The van der Waals surface area contributed by atoms with E-state index in [0.29, 0.717) is 36.9 Å². The number of aromatic nitrogens is 1. The molecule has 13 nitrogen and oxygen atoms in total. The number of esters is 1. The molecular formula is C42H49F2N3O10. The Bertz CT molecular complexity index is 2220. The third-order valence-corrected chi connectivity index (χ3v) is 14.6. The maximum absolute atomic E-state index is 17.4. The number of benzene rings is 1. The molecular weight excluding hydrogens is 744 g/mol. The van der Waals surface area contributed by atoms with E-state index in [1.54, 1.807) is 29.4 Å². The number of nitrogens with zero attached hydrogens (tertiary/aromatic N) is 3. The largest absolute Gasteiger partial charge is 0.492 e. The SMILES string of the molecule is COc1c(N2CCN(CC(=O)OCC(=O)[C@@]3(O)CC[C@H]4C5CCC6=CC(=O)C=C[C@]6(C)[C@@]5(F)[C@@H](O)C[C@@]43C)C(C)C2)c(F)cc2c(=O)c(C(=O)O)cn(C3CC3)c12. The summed E-state index contributed by atoms with van der Waals surface area (Å²) in [6.07, 6.45) is 6.69. The number of alkyl halides is 1. The zero-order chi connectivity index (χ0) is 41.0. The van der Waals surface area contributed by atoms with Gasteiger partial charge in [-0.2, -0.15) is 0 Å². The molecule has 5 aliphatic carbocycles. The molecule has 57 heavy (non-hydrogen) atoms. The van der Waals surface area contributed by atoms with Gasteiger partial charge in [0.1, 0.15) is 16.9 Å². The Balaban J connectivity index is 0.934. The number of piperazine rings is 1. The molecule has 0 spiro atoms. The van der Waals surface area contributed by atoms with Crippen molar-refractivity contribution in [1.29, 1.82) is 0 Å². The van der Waals surface area contributed by atoms with Crippen molar-refractivity contribution in [2.45, 2.75) is 95.2 Å². The van der Waals surface area contributed by atoms with Crippen LogP contribution in [0.5, 0.6) is 5.75 Å². The van der Waals surface area contributed by atoms with Crippen LogP contribution in [0.15, 0.2) is 40.9 Å². The fourth-order valence-electron chi connectivity index (χ4n) is 11.3. The summed E-state index contributed by atoms with van der Waals surface area (Å²) in [6.45, 7) is 5.20. The second-order valence-electron chi connectivity index (χ2n) is 17.5. The minimum absolute atomic E-state index is 0.0306. The van der Waals surface area contributed by atoms with E-state index in [1.165, 1.54) is 25.5 Å². The Kier molecular flexibility index (Phi) is 9.36. The summed E-state index contributed by atoms with van der Waals surface area (Å²) in [7, 11) is 1.37. The molecule has 2 aromatic rings. The van der Waals surface area contributed by atoms with Gasteiger partial charge in [0, 0.05) is 54.7 Å². The number of anilines is 1. The van der Waals surface area contributed by atoms with Crippen LogP contribution in [0.1, 0.15) is 82.1 Å². The Hall–Kier alpha value is -4.47. The van der Waals surface area contributed by atoms with Crippen LogP contribution in [0, 0.1) is 28.5 Å². The lowest BCUT2D eigenvalue weighted by Crippen LogP contribution is -2.69. The van der Waals surface area contributed by atoms with E-state index in [4.69, 9.17) is 9.47 Å². The first-order valence-corrected chi connectivity index (χ1v) is 19.8. The first-order valence-electron chi connectivity index (χ1n) is 19.8. The molecule has 4 saturated carbocycles. The van der Waals surface area contributed by atoms with Gasteiger partial charge in [0.15, 0.2) is 29.6 Å². The normalized spacial score (nSPS) is 35.0. The molecule has 2 unspecified atom stereocenters. The molecule has 1 aromatic carbocycles. The Morgan fingerprint density at radius 3 is 2.47 bits per heavy atom. The van der Waals surface area contributed by atoms with E-state index >= 15 is 8.78 Å². The fraction of sp³-hybridized carbons (Fsp3) is 0.595. The van der Waals surface area contributed by atoms with Gasteiger partial charge in [-0.25, -0.2) is 13.6 Å². The van der Waals surface area contributed by atoms with Gasteiger partial charge in [-0.3, -0.25) is 24.1 Å². The number of methoxy groups -OCH3 is 1. The average Bonchev–Trinajstić information content (AvgIpc) is 3.97. The lowest BCUT2D eigenvalue weighted by molar-refractivity contribution is -0.217. The number of aliphatic hydroxyl groups is 2. The van der Waals surface area contributed by atoms with Gasteiger partial charge in [0.05, 0.1) is 30.7 Å². The summed E-state index contributed by atoms with van der Waals surface area (Å²) in [5.41, 5.74) is -6.60. The number of ketones is 2. The number of carbonyl (C=O) groups is 4. The number of hydrogen-bond donors (Lipinski definition) is 3. The highest BCUT2D eigenvalue weighted by molar-refractivity contribution is 6.01. The van der Waals surface area contributed by atoms with Crippen molar-refractivity contribution in [3.05, 3.63) is 57.7 Å². The molecule has 1 aliphatic heterocycles. The molecule has 306 valence electrons. The lowest BCUT2D eigenvalue weighted by atomic mass is 9.44. The molecule has 2 heterocycles. The lowest BCUT2D eigenvalue weighted by Gasteiger charge is -2.62. The monoisotopic (exact) mass is 793 g/mol. The summed E-state index contributed by atoms with van der Waals surface area (Å²) in [5.74, 6) is -4.76. The fourth-order valence-corrected chi connectivity index (χ4v) is 11.3. The zero-order valence-electron chi connectivity index (χ0n) is 32.6. The van der Waals surface area contributed by atoms with Crippen molar-refractivity contribution in [3.8, 4) is 5.75 Å². The summed E-state index contributed by atoms with van der Waals surface area (Å²) >= 11 is 0. The Morgan fingerprint density at radius 2 is 1.81 bits per heavy atom. The van der Waals surface area contributed by atoms with E-state index in [0.717, 1.165) is 18.9 Å². The number of Topliss-reactive ketones (excluding diaryl/α,β-unsaturated/α-hetero) is 1. The van der Waals surface area contributed by atoms with Gasteiger partial charge in [-0.1, -0.05) is 18.6 Å². The molecule has 0 bridgehead atoms. The molecule has 6 aliphatic rings. The number of allylic oxidation sites excluding steroid dienone is 4. The number of halogens is 2. The van der Waals surface area contributed by atoms with E-state index < -0.39 is 81.2 Å². The van der Waals surface area contributed by atoms with Crippen LogP contribution in [0.25, 0.3) is 10.9 Å². The van der Waals surface area contributed by atoms with Gasteiger partial charge in [0.2, 0.25) is 11.2 Å². The van der Waals surface area contributed by atoms with E-state index in [2.05, 4.69) is 0 Å². The van der Waals surface area contributed by atoms with Crippen molar-refractivity contribution in [2.24, 2.45) is 22.7 Å². The minimum Gasteiger partial charge on any atom is -0.492 e. The number of carboxylic acid groups (broad SMARTS) is 1. The molecule has 8 rings (SSSR count). The van der Waals surface area contributed by atoms with Crippen LogP contribution in [-0.2, 0) is 19.1 Å². The molecule has 1 aromatic heterocycles. The molecule has 8 atom stereocenters. The number of hydrogen-bond acceptors (Lipinski definition) is 11. The maximum atomic E-state index is 17.4. The average molecular weight is 794 g/mol. The highest BCUT2D eigenvalue weighted by atomic mass is 19.1. The van der Waals surface area contributed by atoms with E-state index in [1.807, 2.05) is 11.8 Å². The van der Waals surface area contributed by atoms with Gasteiger partial charge in [0.25, 0.3) is 0 Å². The third kappa shape index (κ3) is 5.73. The zero-order valence-corrected chi connectivity index (χ0v) is 32.6. The first-order chi connectivity index (χ1) is 26.9. The van der Waals surface area contributed by atoms with Gasteiger partial charge >= 0.3 is 11.9 Å². The van der Waals surface area contributed by atoms with Crippen molar-refractivity contribution in [3.63, 3.8) is 0 Å². The number of aliphatic hydroxyl groups excluding tert-OH is 1. The highest BCUT2D eigenvalue weighted by Gasteiger charge is 2.74. The molecule has 0 radical (unpaired) electrons. The molecule has 3 N–H and O–H groups in total. The molecule has 0 amide bonds. The van der Waals surface area contributed by atoms with Crippen LogP contribution in [0.3, 0.4) is 0 Å². The Morgan fingerprint density at radius 1 is 1.07 bits per heavy atom.